The third-order valence-corrected chi connectivity index (χ3v) is 4.45. The van der Waals surface area contributed by atoms with E-state index in [9.17, 15) is 14.7 Å². The van der Waals surface area contributed by atoms with E-state index in [0.717, 1.165) is 5.56 Å². The van der Waals surface area contributed by atoms with Crippen LogP contribution in [0.15, 0.2) is 30.3 Å². The fourth-order valence-electron chi connectivity index (χ4n) is 2.26. The minimum absolute atomic E-state index is 0.237. The molecule has 1 amide bonds. The number of amides is 1. The summed E-state index contributed by atoms with van der Waals surface area (Å²) in [5.74, 6) is -1.52. The van der Waals surface area contributed by atoms with E-state index < -0.39 is 17.9 Å². The molecule has 2 aromatic rings. The summed E-state index contributed by atoms with van der Waals surface area (Å²) in [5.41, 5.74) is 1.10. The third-order valence-electron chi connectivity index (χ3n) is 3.37. The average Bonchev–Trinajstić information content (AvgIpc) is 2.99. The summed E-state index contributed by atoms with van der Waals surface area (Å²) in [6.07, 6.45) is 1.03. The number of ether oxygens (including phenoxy) is 1. The molecule has 2 N–H and O–H groups in total. The number of rotatable bonds is 8. The Balaban J connectivity index is 2.33. The number of aromatic nitrogens is 1. The molecule has 1 heterocycles. The van der Waals surface area contributed by atoms with Gasteiger partial charge < -0.3 is 15.2 Å². The number of nitrogens with zero attached hydrogens (tertiary/aromatic N) is 1. The van der Waals surface area contributed by atoms with Gasteiger partial charge in [0.25, 0.3) is 5.91 Å². The largest absolute Gasteiger partial charge is 0.480 e. The Morgan fingerprint density at radius 3 is 2.62 bits per heavy atom. The van der Waals surface area contributed by atoms with Crippen LogP contribution < -0.4 is 5.32 Å². The van der Waals surface area contributed by atoms with Crippen molar-refractivity contribution in [2.45, 2.75) is 32.4 Å². The van der Waals surface area contributed by atoms with Gasteiger partial charge in [-0.25, -0.2) is 9.78 Å². The lowest BCUT2D eigenvalue weighted by molar-refractivity contribution is -0.139. The van der Waals surface area contributed by atoms with Crippen molar-refractivity contribution in [2.24, 2.45) is 0 Å². The highest BCUT2D eigenvalue weighted by molar-refractivity contribution is 7.15. The quantitative estimate of drug-likeness (QED) is 0.766. The molecule has 0 aliphatic rings. The first-order valence-electron chi connectivity index (χ1n) is 7.64. The van der Waals surface area contributed by atoms with Gasteiger partial charge in [-0.1, -0.05) is 43.7 Å². The van der Waals surface area contributed by atoms with E-state index in [1.165, 1.54) is 11.3 Å². The van der Waals surface area contributed by atoms with Crippen LogP contribution in [-0.2, 0) is 16.1 Å². The predicted octanol–water partition coefficient (Wildman–Crippen LogP) is 2.94. The Morgan fingerprint density at radius 1 is 1.33 bits per heavy atom. The molecule has 1 aromatic heterocycles. The summed E-state index contributed by atoms with van der Waals surface area (Å²) in [6, 6.07) is 8.51. The van der Waals surface area contributed by atoms with Crippen molar-refractivity contribution in [3.63, 3.8) is 0 Å². The van der Waals surface area contributed by atoms with Crippen LogP contribution in [-0.4, -0.2) is 35.1 Å². The van der Waals surface area contributed by atoms with Gasteiger partial charge in [0, 0.05) is 7.11 Å². The van der Waals surface area contributed by atoms with Crippen molar-refractivity contribution in [1.29, 1.82) is 0 Å². The molecule has 0 saturated heterocycles. The third kappa shape index (κ3) is 4.39. The molecule has 1 atom stereocenters. The standard InChI is InChI=1S/C17H20N2O4S/c1-3-7-12(17(21)22)18-16(20)14-15(11-8-5-4-6-9-11)24-13(19-14)10-23-2/h4-6,8-9,12H,3,7,10H2,1-2H3,(H,18,20)(H,21,22). The molecule has 1 aromatic carbocycles. The lowest BCUT2D eigenvalue weighted by atomic mass is 10.1. The Kier molecular flexibility index (Phi) is 6.45. The van der Waals surface area contributed by atoms with Gasteiger partial charge in [-0.3, -0.25) is 4.79 Å². The highest BCUT2D eigenvalue weighted by Gasteiger charge is 2.24. The summed E-state index contributed by atoms with van der Waals surface area (Å²) in [5, 5.41) is 12.5. The number of hydrogen-bond acceptors (Lipinski definition) is 5. The van der Waals surface area contributed by atoms with Crippen LogP contribution in [0, 0.1) is 0 Å². The maximum Gasteiger partial charge on any atom is 0.326 e. The number of thiazole rings is 1. The number of carbonyl (C=O) groups excluding carboxylic acids is 1. The number of nitrogens with one attached hydrogen (secondary N) is 1. The molecule has 0 saturated carbocycles. The summed E-state index contributed by atoms with van der Waals surface area (Å²) < 4.78 is 5.09. The van der Waals surface area contributed by atoms with Gasteiger partial charge in [-0.2, -0.15) is 0 Å². The molecule has 0 aliphatic heterocycles. The van der Waals surface area contributed by atoms with Crippen LogP contribution >= 0.6 is 11.3 Å². The number of aliphatic carboxylic acids is 1. The van der Waals surface area contributed by atoms with Gasteiger partial charge >= 0.3 is 5.97 Å². The molecule has 24 heavy (non-hydrogen) atoms. The topological polar surface area (TPSA) is 88.5 Å². The maximum atomic E-state index is 12.6. The number of carboxylic acids is 1. The second-order valence-electron chi connectivity index (χ2n) is 5.24. The molecule has 0 fully saturated rings. The lowest BCUT2D eigenvalue weighted by Gasteiger charge is -2.13. The number of carbonyl (C=O) groups is 2. The van der Waals surface area contributed by atoms with E-state index in [2.05, 4.69) is 10.3 Å². The van der Waals surface area contributed by atoms with Crippen molar-refractivity contribution in [2.75, 3.05) is 7.11 Å². The van der Waals surface area contributed by atoms with Gasteiger partial charge in [0.2, 0.25) is 0 Å². The Labute approximate surface area is 144 Å². The molecular weight excluding hydrogens is 328 g/mol. The van der Waals surface area contributed by atoms with E-state index in [1.54, 1.807) is 7.11 Å². The molecule has 0 aliphatic carbocycles. The zero-order chi connectivity index (χ0) is 17.5. The fraction of sp³-hybridized carbons (Fsp3) is 0.353. The summed E-state index contributed by atoms with van der Waals surface area (Å²) in [6.45, 7) is 2.17. The highest BCUT2D eigenvalue weighted by Crippen LogP contribution is 2.30. The van der Waals surface area contributed by atoms with Crippen molar-refractivity contribution in [3.8, 4) is 10.4 Å². The van der Waals surface area contributed by atoms with Gasteiger partial charge in [-0.15, -0.1) is 11.3 Å². The van der Waals surface area contributed by atoms with Crippen LogP contribution in [0.4, 0.5) is 0 Å². The van der Waals surface area contributed by atoms with Crippen LogP contribution in [0.1, 0.15) is 35.3 Å². The maximum absolute atomic E-state index is 12.6. The monoisotopic (exact) mass is 348 g/mol. The molecular formula is C17H20N2O4S. The fourth-order valence-corrected chi connectivity index (χ4v) is 3.30. The van der Waals surface area contributed by atoms with Gasteiger partial charge in [0.1, 0.15) is 16.7 Å². The molecule has 128 valence electrons. The van der Waals surface area contributed by atoms with Crippen molar-refractivity contribution >= 4 is 23.2 Å². The zero-order valence-corrected chi connectivity index (χ0v) is 14.4. The van der Waals surface area contributed by atoms with Crippen LogP contribution in [0.5, 0.6) is 0 Å². The SMILES string of the molecule is CCCC(NC(=O)c1nc(COC)sc1-c1ccccc1)C(=O)O. The molecule has 2 rings (SSSR count). The molecule has 7 heteroatoms. The Morgan fingerprint density at radius 2 is 2.04 bits per heavy atom. The zero-order valence-electron chi connectivity index (χ0n) is 13.6. The van der Waals surface area contributed by atoms with E-state index in [4.69, 9.17) is 4.74 Å². The second-order valence-corrected chi connectivity index (χ2v) is 6.32. The first-order valence-corrected chi connectivity index (χ1v) is 8.46. The van der Waals surface area contributed by atoms with Crippen LogP contribution in [0.3, 0.4) is 0 Å². The first kappa shape index (κ1) is 18.1. The van der Waals surface area contributed by atoms with Crippen LogP contribution in [0.25, 0.3) is 10.4 Å². The Bertz CT molecular complexity index is 700. The lowest BCUT2D eigenvalue weighted by Crippen LogP contribution is -2.41. The number of hydrogen-bond donors (Lipinski definition) is 2. The first-order chi connectivity index (χ1) is 11.6. The van der Waals surface area contributed by atoms with Gasteiger partial charge in [0.05, 0.1) is 11.5 Å². The Hall–Kier alpha value is -2.25. The summed E-state index contributed by atoms with van der Waals surface area (Å²) in [4.78, 5) is 28.9. The molecule has 0 bridgehead atoms. The van der Waals surface area contributed by atoms with E-state index in [1.807, 2.05) is 37.3 Å². The smallest absolute Gasteiger partial charge is 0.326 e. The number of methoxy groups -OCH3 is 1. The number of benzene rings is 1. The molecule has 1 unspecified atom stereocenters. The van der Waals surface area contributed by atoms with E-state index in [-0.39, 0.29) is 5.69 Å². The van der Waals surface area contributed by atoms with Crippen molar-refractivity contribution in [1.82, 2.24) is 10.3 Å². The highest BCUT2D eigenvalue weighted by atomic mass is 32.1. The van der Waals surface area contributed by atoms with Crippen LogP contribution in [0.2, 0.25) is 0 Å². The molecule has 6 nitrogen and oxygen atoms in total. The van der Waals surface area contributed by atoms with Crippen molar-refractivity contribution in [3.05, 3.63) is 41.0 Å². The molecule has 0 radical (unpaired) electrons. The second kappa shape index (κ2) is 8.56. The number of carboxylic acid groups (broad SMARTS) is 1. The normalized spacial score (nSPS) is 11.9. The average molecular weight is 348 g/mol. The van der Waals surface area contributed by atoms with E-state index in [0.29, 0.717) is 29.3 Å². The van der Waals surface area contributed by atoms with E-state index >= 15 is 0 Å². The molecule has 0 spiro atoms. The minimum Gasteiger partial charge on any atom is -0.480 e. The van der Waals surface area contributed by atoms with Gasteiger partial charge in [0.15, 0.2) is 0 Å². The predicted molar refractivity (Wildman–Crippen MR) is 92.1 cm³/mol. The van der Waals surface area contributed by atoms with Gasteiger partial charge in [-0.05, 0) is 12.0 Å². The summed E-state index contributed by atoms with van der Waals surface area (Å²) >= 11 is 1.37. The minimum atomic E-state index is -1.04. The summed E-state index contributed by atoms with van der Waals surface area (Å²) in [7, 11) is 1.56. The van der Waals surface area contributed by atoms with Crippen molar-refractivity contribution < 1.29 is 19.4 Å².